The molecule has 1 aromatic carbocycles. The van der Waals surface area contributed by atoms with Crippen LogP contribution >= 0.6 is 15.9 Å². The summed E-state index contributed by atoms with van der Waals surface area (Å²) in [5, 5.41) is 8.86. The summed E-state index contributed by atoms with van der Waals surface area (Å²) in [7, 11) is 0. The third-order valence-corrected chi connectivity index (χ3v) is 2.32. The van der Waals surface area contributed by atoms with Crippen molar-refractivity contribution in [3.05, 3.63) is 39.9 Å². The molecule has 0 radical (unpaired) electrons. The monoisotopic (exact) mass is 298 g/mol. The molecule has 1 rings (SSSR count). The lowest BCUT2D eigenvalue weighted by Gasteiger charge is -2.00. The molecule has 0 aromatic heterocycles. The molecule has 1 aromatic rings. The number of carboxylic acid groups (broad SMARTS) is 1. The molecule has 0 spiro atoms. The van der Waals surface area contributed by atoms with E-state index in [1.165, 1.54) is 24.3 Å². The van der Waals surface area contributed by atoms with E-state index in [4.69, 9.17) is 9.84 Å². The molecule has 0 bridgehead atoms. The molecule has 1 N–H and O–H groups in total. The summed E-state index contributed by atoms with van der Waals surface area (Å²) in [4.78, 5) is 21.9. The Morgan fingerprint density at radius 1 is 1.41 bits per heavy atom. The van der Waals surface area contributed by atoms with Crippen molar-refractivity contribution in [1.29, 1.82) is 0 Å². The largest absolute Gasteiger partial charge is 0.478 e. The Labute approximate surface area is 107 Å². The standard InChI is InChI=1S/C12H11BrO4/c1-2-17-11(14)4-3-8-5-9(12(15)16)7-10(13)6-8/h3-7H,2H2,1H3,(H,15,16). The fraction of sp³-hybridized carbons (Fsp3) is 0.167. The number of benzene rings is 1. The Hall–Kier alpha value is -1.62. The normalized spacial score (nSPS) is 10.5. The van der Waals surface area contributed by atoms with Crippen molar-refractivity contribution in [3.63, 3.8) is 0 Å². The van der Waals surface area contributed by atoms with Crippen molar-refractivity contribution >= 4 is 33.9 Å². The van der Waals surface area contributed by atoms with Crippen LogP contribution < -0.4 is 0 Å². The number of aromatic carboxylic acids is 1. The zero-order valence-corrected chi connectivity index (χ0v) is 10.7. The van der Waals surface area contributed by atoms with Crippen LogP contribution in [0.15, 0.2) is 28.7 Å². The summed E-state index contributed by atoms with van der Waals surface area (Å²) in [5.41, 5.74) is 0.771. The molecule has 0 unspecified atom stereocenters. The molecule has 17 heavy (non-hydrogen) atoms. The van der Waals surface area contributed by atoms with Gasteiger partial charge in [-0.2, -0.15) is 0 Å². The number of hydrogen-bond donors (Lipinski definition) is 1. The molecule has 0 aliphatic rings. The topological polar surface area (TPSA) is 63.6 Å². The minimum atomic E-state index is -1.02. The van der Waals surface area contributed by atoms with Crippen molar-refractivity contribution in [3.8, 4) is 0 Å². The van der Waals surface area contributed by atoms with E-state index in [9.17, 15) is 9.59 Å². The first kappa shape index (κ1) is 13.4. The smallest absolute Gasteiger partial charge is 0.335 e. The summed E-state index contributed by atoms with van der Waals surface area (Å²) in [6, 6.07) is 4.68. The Morgan fingerprint density at radius 2 is 2.12 bits per heavy atom. The number of rotatable bonds is 4. The first-order valence-electron chi connectivity index (χ1n) is 4.91. The summed E-state index contributed by atoms with van der Waals surface area (Å²) < 4.78 is 5.36. The third kappa shape index (κ3) is 4.40. The van der Waals surface area contributed by atoms with Crippen LogP contribution in [0.4, 0.5) is 0 Å². The zero-order valence-electron chi connectivity index (χ0n) is 9.14. The molecular weight excluding hydrogens is 288 g/mol. The molecule has 0 fully saturated rings. The second-order valence-electron chi connectivity index (χ2n) is 3.16. The van der Waals surface area contributed by atoms with Crippen LogP contribution in [-0.2, 0) is 9.53 Å². The lowest BCUT2D eigenvalue weighted by molar-refractivity contribution is -0.137. The molecule has 0 amide bonds. The highest BCUT2D eigenvalue weighted by molar-refractivity contribution is 9.10. The van der Waals surface area contributed by atoms with Gasteiger partial charge in [-0.15, -0.1) is 0 Å². The lowest BCUT2D eigenvalue weighted by Crippen LogP contribution is -1.99. The van der Waals surface area contributed by atoms with Gasteiger partial charge < -0.3 is 9.84 Å². The maximum absolute atomic E-state index is 11.1. The van der Waals surface area contributed by atoms with Crippen LogP contribution in [0.2, 0.25) is 0 Å². The Morgan fingerprint density at radius 3 is 2.71 bits per heavy atom. The molecule has 0 saturated carbocycles. The van der Waals surface area contributed by atoms with E-state index in [1.54, 1.807) is 13.0 Å². The van der Waals surface area contributed by atoms with Gasteiger partial charge >= 0.3 is 11.9 Å². The van der Waals surface area contributed by atoms with E-state index >= 15 is 0 Å². The molecule has 0 aliphatic heterocycles. The molecule has 90 valence electrons. The quantitative estimate of drug-likeness (QED) is 0.686. The average molecular weight is 299 g/mol. The molecule has 0 saturated heterocycles. The van der Waals surface area contributed by atoms with E-state index in [2.05, 4.69) is 15.9 Å². The first-order valence-corrected chi connectivity index (χ1v) is 5.71. The van der Waals surface area contributed by atoms with Gasteiger partial charge in [0.25, 0.3) is 0 Å². The second kappa shape index (κ2) is 6.20. The number of carboxylic acids is 1. The predicted octanol–water partition coefficient (Wildman–Crippen LogP) is 2.72. The number of carbonyl (C=O) groups excluding carboxylic acids is 1. The van der Waals surface area contributed by atoms with Crippen LogP contribution in [-0.4, -0.2) is 23.7 Å². The van der Waals surface area contributed by atoms with Gasteiger partial charge in [0, 0.05) is 10.5 Å². The van der Waals surface area contributed by atoms with Crippen LogP contribution in [0.1, 0.15) is 22.8 Å². The summed E-state index contributed by atoms with van der Waals surface area (Å²) in [6.07, 6.45) is 2.77. The summed E-state index contributed by atoms with van der Waals surface area (Å²) in [5.74, 6) is -1.47. The molecule has 0 aliphatic carbocycles. The van der Waals surface area contributed by atoms with Crippen LogP contribution in [0, 0.1) is 0 Å². The van der Waals surface area contributed by atoms with E-state index in [1.807, 2.05) is 0 Å². The molecule has 5 heteroatoms. The van der Waals surface area contributed by atoms with Gasteiger partial charge in [-0.3, -0.25) is 0 Å². The van der Waals surface area contributed by atoms with Crippen molar-refractivity contribution < 1.29 is 19.4 Å². The van der Waals surface area contributed by atoms with Crippen molar-refractivity contribution in [2.75, 3.05) is 6.61 Å². The number of esters is 1. The molecular formula is C12H11BrO4. The summed E-state index contributed by atoms with van der Waals surface area (Å²) in [6.45, 7) is 2.02. The highest BCUT2D eigenvalue weighted by Gasteiger charge is 2.04. The van der Waals surface area contributed by atoms with E-state index in [-0.39, 0.29) is 5.56 Å². The first-order chi connectivity index (χ1) is 8.02. The van der Waals surface area contributed by atoms with Crippen molar-refractivity contribution in [1.82, 2.24) is 0 Å². The van der Waals surface area contributed by atoms with Gasteiger partial charge in [-0.1, -0.05) is 15.9 Å². The van der Waals surface area contributed by atoms with Gasteiger partial charge in [0.2, 0.25) is 0 Å². The van der Waals surface area contributed by atoms with E-state index in [0.717, 1.165) is 0 Å². The maximum Gasteiger partial charge on any atom is 0.335 e. The van der Waals surface area contributed by atoms with Crippen LogP contribution in [0.3, 0.4) is 0 Å². The third-order valence-electron chi connectivity index (χ3n) is 1.87. The number of halogens is 1. The van der Waals surface area contributed by atoms with Crippen molar-refractivity contribution in [2.24, 2.45) is 0 Å². The van der Waals surface area contributed by atoms with E-state index in [0.29, 0.717) is 16.6 Å². The van der Waals surface area contributed by atoms with E-state index < -0.39 is 11.9 Å². The summed E-state index contributed by atoms with van der Waals surface area (Å²) >= 11 is 3.21. The highest BCUT2D eigenvalue weighted by atomic mass is 79.9. The average Bonchev–Trinajstić information content (AvgIpc) is 2.26. The van der Waals surface area contributed by atoms with Gasteiger partial charge in [0.1, 0.15) is 0 Å². The number of ether oxygens (including phenoxy) is 1. The van der Waals surface area contributed by atoms with Gasteiger partial charge in [-0.25, -0.2) is 9.59 Å². The number of hydrogen-bond acceptors (Lipinski definition) is 3. The maximum atomic E-state index is 11.1. The van der Waals surface area contributed by atoms with Crippen LogP contribution in [0.25, 0.3) is 6.08 Å². The Bertz CT molecular complexity index is 466. The van der Waals surface area contributed by atoms with Gasteiger partial charge in [-0.05, 0) is 36.8 Å². The lowest BCUT2D eigenvalue weighted by atomic mass is 10.1. The van der Waals surface area contributed by atoms with Crippen LogP contribution in [0.5, 0.6) is 0 Å². The SMILES string of the molecule is CCOC(=O)C=Cc1cc(Br)cc(C(=O)O)c1. The second-order valence-corrected chi connectivity index (χ2v) is 4.08. The molecule has 0 atom stereocenters. The zero-order chi connectivity index (χ0) is 12.8. The minimum Gasteiger partial charge on any atom is -0.478 e. The Kier molecular flexibility index (Phi) is 4.90. The number of carbonyl (C=O) groups is 2. The predicted molar refractivity (Wildman–Crippen MR) is 66.8 cm³/mol. The fourth-order valence-corrected chi connectivity index (χ4v) is 1.70. The van der Waals surface area contributed by atoms with Gasteiger partial charge in [0.15, 0.2) is 0 Å². The van der Waals surface area contributed by atoms with Gasteiger partial charge in [0.05, 0.1) is 12.2 Å². The fourth-order valence-electron chi connectivity index (χ4n) is 1.19. The Balaban J connectivity index is 2.91. The minimum absolute atomic E-state index is 0.155. The van der Waals surface area contributed by atoms with Crippen molar-refractivity contribution in [2.45, 2.75) is 6.92 Å². The molecule has 4 nitrogen and oxygen atoms in total. The highest BCUT2D eigenvalue weighted by Crippen LogP contribution is 2.17. The molecule has 0 heterocycles.